The average Bonchev–Trinajstić information content (AvgIpc) is 1.61. The molecule has 5 aliphatic rings. The monoisotopic (exact) mass is 2090 g/mol. The molecule has 1 fully saturated rings. The van der Waals surface area contributed by atoms with E-state index < -0.39 is 103 Å². The fourth-order valence-corrected chi connectivity index (χ4v) is 17.5. The molecule has 0 saturated heterocycles. The number of aromatic nitrogens is 1. The second kappa shape index (κ2) is 62.7. The topological polar surface area (TPSA) is 522 Å². The Morgan fingerprint density at radius 2 is 0.859 bits per heavy atom. The van der Waals surface area contributed by atoms with Crippen LogP contribution >= 0.6 is 0 Å². The van der Waals surface area contributed by atoms with Crippen LogP contribution in [0.4, 0.5) is 27.5 Å². The van der Waals surface area contributed by atoms with E-state index in [9.17, 15) is 73.5 Å². The first-order valence-electron chi connectivity index (χ1n) is 51.5. The minimum atomic E-state index is -1.84. The van der Waals surface area contributed by atoms with Crippen LogP contribution in [0.15, 0.2) is 102 Å². The van der Waals surface area contributed by atoms with Gasteiger partial charge in [0.1, 0.15) is 30.8 Å². The summed E-state index contributed by atoms with van der Waals surface area (Å²) >= 11 is 0. The van der Waals surface area contributed by atoms with Crippen molar-refractivity contribution in [2.45, 2.75) is 239 Å². The van der Waals surface area contributed by atoms with Gasteiger partial charge in [-0.05, 0) is 138 Å². The van der Waals surface area contributed by atoms with Crippen molar-refractivity contribution < 1.29 is 149 Å². The molecule has 0 spiro atoms. The lowest BCUT2D eigenvalue weighted by Crippen LogP contribution is -2.53. The molecule has 4 aliphatic heterocycles. The largest absolute Gasteiger partial charge is 0.494 e. The third-order valence-corrected chi connectivity index (χ3v) is 25.7. The van der Waals surface area contributed by atoms with Crippen LogP contribution in [0.5, 0.6) is 34.8 Å². The van der Waals surface area contributed by atoms with Crippen LogP contribution in [0.2, 0.25) is 0 Å². The van der Waals surface area contributed by atoms with Crippen molar-refractivity contribution in [1.29, 1.82) is 0 Å². The SMILES string of the molecule is COCCOCCC(=O)NC(C(=O)NC(C)C(=O)Nc1ccc(COC(=O)N2c3cc(OCCCCCOc4cc5c(cc4OC)C(=O)N4C=C(C)CC4C(O)N5C(O)OCc4ccc(NC(=O)C(C)NC(=O)C(NC(=O)CCOCCOCCOCCOCCOCCOCCOCCOCCNC(=O)CCn5c(O)cc(C6CCCCCCCC6)c5O)C(C)C)cc4)c(OC)cc3C(=O)N3C=C(C)CC3C2O)cc1)C(C)C. The number of methoxy groups -OCH3 is 3. The molecule has 12 N–H and O–H groups in total. The number of aromatic hydroxyl groups is 2. The zero-order valence-electron chi connectivity index (χ0n) is 87.7. The zero-order chi connectivity index (χ0) is 107. The van der Waals surface area contributed by atoms with Gasteiger partial charge in [0.05, 0.1) is 194 Å². The van der Waals surface area contributed by atoms with Crippen molar-refractivity contribution in [3.8, 4) is 34.8 Å². The molecule has 43 heteroatoms. The molecule has 1 aromatic heterocycles. The van der Waals surface area contributed by atoms with Gasteiger partial charge < -0.3 is 148 Å². The second-order valence-electron chi connectivity index (χ2n) is 37.9. The van der Waals surface area contributed by atoms with E-state index in [0.29, 0.717) is 147 Å². The van der Waals surface area contributed by atoms with Crippen LogP contribution in [0.3, 0.4) is 0 Å². The normalized spacial score (nSPS) is 17.3. The summed E-state index contributed by atoms with van der Waals surface area (Å²) in [5.74, 6) is -3.85. The van der Waals surface area contributed by atoms with E-state index >= 15 is 0 Å². The fourth-order valence-electron chi connectivity index (χ4n) is 17.5. The fraction of sp³-hybridized carbons (Fsp3) is 0.604. The Hall–Kier alpha value is -11.8. The Labute approximate surface area is 870 Å². The summed E-state index contributed by atoms with van der Waals surface area (Å²) in [6.07, 6.45) is 8.54. The van der Waals surface area contributed by atoms with Crippen LogP contribution in [0.1, 0.15) is 201 Å². The lowest BCUT2D eigenvalue weighted by atomic mass is 9.91. The van der Waals surface area contributed by atoms with Gasteiger partial charge in [-0.3, -0.25) is 52.6 Å². The Kier molecular flexibility index (Phi) is 50.1. The van der Waals surface area contributed by atoms with Crippen molar-refractivity contribution in [3.05, 3.63) is 130 Å². The van der Waals surface area contributed by atoms with Crippen LogP contribution < -0.4 is 66.0 Å². The van der Waals surface area contributed by atoms with Crippen molar-refractivity contribution in [1.82, 2.24) is 41.0 Å². The smallest absolute Gasteiger partial charge is 0.416 e. The highest BCUT2D eigenvalue weighted by molar-refractivity contribution is 6.07. The van der Waals surface area contributed by atoms with E-state index in [1.807, 2.05) is 13.8 Å². The van der Waals surface area contributed by atoms with E-state index in [2.05, 4.69) is 37.2 Å². The number of amides is 10. The molecule has 10 rings (SSSR count). The number of fused-ring (bicyclic) bond motifs is 4. The van der Waals surface area contributed by atoms with Gasteiger partial charge in [-0.25, -0.2) is 9.69 Å². The first-order valence-corrected chi connectivity index (χ1v) is 51.5. The highest BCUT2D eigenvalue weighted by Gasteiger charge is 2.48. The summed E-state index contributed by atoms with van der Waals surface area (Å²) in [6, 6.07) is 14.8. The number of benzene rings is 4. The maximum atomic E-state index is 14.5. The zero-order valence-corrected chi connectivity index (χ0v) is 87.7. The molecule has 0 radical (unpaired) electrons. The van der Waals surface area contributed by atoms with E-state index in [1.165, 1.54) is 104 Å². The first-order chi connectivity index (χ1) is 71.9. The van der Waals surface area contributed by atoms with Gasteiger partial charge in [0, 0.05) is 87.0 Å². The van der Waals surface area contributed by atoms with Gasteiger partial charge in [0.2, 0.25) is 47.8 Å². The number of aliphatic hydroxyl groups excluding tert-OH is 3. The summed E-state index contributed by atoms with van der Waals surface area (Å²) in [5.41, 5.74) is 4.37. The molecule has 43 nitrogen and oxygen atoms in total. The number of unbranched alkanes of at least 4 members (excludes halogenated alkanes) is 2. The number of hydrogen-bond donors (Lipinski definition) is 12. The molecular weight excluding hydrogens is 1940 g/mol. The summed E-state index contributed by atoms with van der Waals surface area (Å²) in [6.45, 7) is 20.2. The molecule has 1 aliphatic carbocycles. The van der Waals surface area contributed by atoms with Crippen molar-refractivity contribution in [3.63, 3.8) is 0 Å². The van der Waals surface area contributed by atoms with Gasteiger partial charge in [-0.15, -0.1) is 0 Å². The lowest BCUT2D eigenvalue weighted by Gasteiger charge is -2.36. The maximum Gasteiger partial charge on any atom is 0.416 e. The number of ether oxygens (including phenoxy) is 16. The molecular formula is C106H154N12O31. The van der Waals surface area contributed by atoms with E-state index in [0.717, 1.165) is 47.3 Å². The number of carbonyl (C=O) groups is 10. The molecule has 5 heterocycles. The van der Waals surface area contributed by atoms with Gasteiger partial charge in [0.25, 0.3) is 11.8 Å². The molecule has 1 saturated carbocycles. The number of carbonyl (C=O) groups excluding carboxylic acids is 10. The van der Waals surface area contributed by atoms with E-state index in [4.69, 9.17) is 75.8 Å². The highest BCUT2D eigenvalue weighted by Crippen LogP contribution is 2.46. The number of anilines is 4. The van der Waals surface area contributed by atoms with Crippen LogP contribution in [0, 0.1) is 11.8 Å². The van der Waals surface area contributed by atoms with Gasteiger partial charge in [-0.1, -0.05) is 102 Å². The van der Waals surface area contributed by atoms with Gasteiger partial charge in [-0.2, -0.15) is 0 Å². The van der Waals surface area contributed by atoms with Crippen LogP contribution in [-0.4, -0.2) is 321 Å². The number of aliphatic hydroxyl groups is 3. The maximum absolute atomic E-state index is 14.5. The Morgan fingerprint density at radius 1 is 0.443 bits per heavy atom. The van der Waals surface area contributed by atoms with E-state index in [1.54, 1.807) is 94.7 Å². The van der Waals surface area contributed by atoms with Crippen LogP contribution in [-0.2, 0) is 110 Å². The molecule has 5 aromatic rings. The number of nitrogens with one attached hydrogen (secondary N) is 7. The van der Waals surface area contributed by atoms with Crippen molar-refractivity contribution >= 4 is 82.0 Å². The van der Waals surface area contributed by atoms with Crippen LogP contribution in [0.25, 0.3) is 0 Å². The number of rotatable bonds is 65. The summed E-state index contributed by atoms with van der Waals surface area (Å²) in [5, 5.41) is 77.0. The second-order valence-corrected chi connectivity index (χ2v) is 37.9. The molecule has 4 aromatic carbocycles. The molecule has 149 heavy (non-hydrogen) atoms. The Balaban J connectivity index is 0.581. The summed E-state index contributed by atoms with van der Waals surface area (Å²) in [4.78, 5) is 140. The first kappa shape index (κ1) is 119. The van der Waals surface area contributed by atoms with Gasteiger partial charge in [0.15, 0.2) is 47.2 Å². The molecule has 824 valence electrons. The lowest BCUT2D eigenvalue weighted by molar-refractivity contribution is -0.132. The predicted molar refractivity (Wildman–Crippen MR) is 548 cm³/mol. The summed E-state index contributed by atoms with van der Waals surface area (Å²) in [7, 11) is 4.36. The Bertz CT molecular complexity index is 5150. The minimum Gasteiger partial charge on any atom is -0.494 e. The average molecular weight is 2090 g/mol. The molecule has 9 atom stereocenters. The number of hydrogen-bond acceptors (Lipinski definition) is 32. The van der Waals surface area contributed by atoms with Crippen molar-refractivity contribution in [2.24, 2.45) is 11.8 Å². The molecule has 0 bridgehead atoms. The van der Waals surface area contributed by atoms with Gasteiger partial charge >= 0.3 is 6.09 Å². The van der Waals surface area contributed by atoms with E-state index in [-0.39, 0.29) is 178 Å². The molecule has 10 amide bonds. The third-order valence-electron chi connectivity index (χ3n) is 25.7. The van der Waals surface area contributed by atoms with Crippen molar-refractivity contribution in [2.75, 3.05) is 187 Å². The Morgan fingerprint density at radius 3 is 1.31 bits per heavy atom. The predicted octanol–water partition coefficient (Wildman–Crippen LogP) is 9.06. The molecule has 9 unspecified atom stereocenters. The minimum absolute atomic E-state index is 0.00201. The quantitative estimate of drug-likeness (QED) is 0.0127. The highest BCUT2D eigenvalue weighted by atomic mass is 16.6. The third kappa shape index (κ3) is 37.1. The standard InChI is InChI=1S/C106H154N12O31/c1-68(2)94(112-91(120)32-38-137-42-41-134-9)98(125)108-72(7)96(123)110-77-27-23-74(24-28-77)66-148-105(132)117-82-62-88(86(135-10)59-80(82)101(128)115-64-70(5)57-84(115)103(117)130)146-36-19-16-20-37-147-89-63-83-81(60-87(89)136-11)102(129)116-65-71(6)58-85(116)104(131)118(83)106(133)149-67-75-25-29-78(30-26-75)111-97(124)73(8)109-99(126)95(69(3)4)113-92(121)33-39-138-43-45-140-47-49-142-51-53-144-55-56-145-54-52-143-50-48-141-46-44-139-40-34-107-90(119)31-35-114-93(122)61-79(100(114)127)76-21-17-14-12-13-15-18-22-76/h23-30,59-65,68-69,72-73,76,84-85,94-95,103-104,106,122,127,130-131,133H,12-22,31-58,66-67H2,1-11H3,(H,107,119)(H,108,125)(H,109,126)(H,110,123)(H,111,124)(H,112,120)(H,113,121). The summed E-state index contributed by atoms with van der Waals surface area (Å²) < 4.78 is 92.4. The number of nitrogens with zero attached hydrogens (tertiary/aromatic N) is 5.